The Morgan fingerprint density at radius 2 is 2.06 bits per heavy atom. The molecule has 2 aromatic rings. The lowest BCUT2D eigenvalue weighted by molar-refractivity contribution is 0.0600. The Kier molecular flexibility index (Phi) is 2.67. The summed E-state index contributed by atoms with van der Waals surface area (Å²) in [6, 6.07) is 5.01. The van der Waals surface area contributed by atoms with Gasteiger partial charge < -0.3 is 4.74 Å². The van der Waals surface area contributed by atoms with Gasteiger partial charge in [-0.1, -0.05) is 0 Å². The van der Waals surface area contributed by atoms with Crippen LogP contribution in [0.4, 0.5) is 0 Å². The van der Waals surface area contributed by atoms with E-state index in [1.165, 1.54) is 14.0 Å². The first-order valence-corrected chi connectivity index (χ1v) is 5.10. The average Bonchev–Trinajstić information content (AvgIpc) is 2.65. The standard InChI is InChI=1S/C12H12N2O3/c1-7(15)11-9-5-4-8(12(16)17-3)6-10(9)14(2)13-11/h4-6H,1-3H3. The highest BCUT2D eigenvalue weighted by Gasteiger charge is 2.14. The Hall–Kier alpha value is -2.17. The fourth-order valence-electron chi connectivity index (χ4n) is 1.76. The lowest BCUT2D eigenvalue weighted by Crippen LogP contribution is -2.01. The normalized spacial score (nSPS) is 10.5. The summed E-state index contributed by atoms with van der Waals surface area (Å²) in [5, 5.41) is 4.87. The number of carbonyl (C=O) groups is 2. The maximum absolute atomic E-state index is 11.4. The van der Waals surface area contributed by atoms with E-state index in [4.69, 9.17) is 0 Å². The van der Waals surface area contributed by atoms with Gasteiger partial charge in [-0.15, -0.1) is 0 Å². The van der Waals surface area contributed by atoms with Crippen molar-refractivity contribution < 1.29 is 14.3 Å². The van der Waals surface area contributed by atoms with Crippen LogP contribution in [0, 0.1) is 0 Å². The fourth-order valence-corrected chi connectivity index (χ4v) is 1.76. The van der Waals surface area contributed by atoms with Gasteiger partial charge in [0.25, 0.3) is 0 Å². The van der Waals surface area contributed by atoms with Crippen LogP contribution >= 0.6 is 0 Å². The summed E-state index contributed by atoms with van der Waals surface area (Å²) in [4.78, 5) is 22.8. The number of benzene rings is 1. The molecule has 0 saturated heterocycles. The third kappa shape index (κ3) is 1.80. The number of Topliss-reactive ketones (excluding diaryl/α,β-unsaturated/α-hetero) is 1. The van der Waals surface area contributed by atoms with E-state index >= 15 is 0 Å². The molecule has 0 atom stereocenters. The molecule has 0 radical (unpaired) electrons. The van der Waals surface area contributed by atoms with Gasteiger partial charge in [-0.3, -0.25) is 9.48 Å². The van der Waals surface area contributed by atoms with Crippen LogP contribution in [-0.2, 0) is 11.8 Å². The predicted octanol–water partition coefficient (Wildman–Crippen LogP) is 1.56. The van der Waals surface area contributed by atoms with Gasteiger partial charge in [0.05, 0.1) is 18.2 Å². The predicted molar refractivity (Wildman–Crippen MR) is 62.1 cm³/mol. The van der Waals surface area contributed by atoms with Crippen molar-refractivity contribution in [2.75, 3.05) is 7.11 Å². The Morgan fingerprint density at radius 3 is 2.65 bits per heavy atom. The van der Waals surface area contributed by atoms with Crippen LogP contribution in [0.5, 0.6) is 0 Å². The summed E-state index contributed by atoms with van der Waals surface area (Å²) in [6.07, 6.45) is 0. The number of hydrogen-bond acceptors (Lipinski definition) is 4. The smallest absolute Gasteiger partial charge is 0.337 e. The Morgan fingerprint density at radius 1 is 1.35 bits per heavy atom. The highest BCUT2D eigenvalue weighted by atomic mass is 16.5. The van der Waals surface area contributed by atoms with Crippen molar-refractivity contribution in [3.63, 3.8) is 0 Å². The first kappa shape index (κ1) is 11.3. The van der Waals surface area contributed by atoms with Crippen LogP contribution in [0.15, 0.2) is 18.2 Å². The van der Waals surface area contributed by atoms with Gasteiger partial charge in [-0.25, -0.2) is 4.79 Å². The molecule has 88 valence electrons. The van der Waals surface area contributed by atoms with Crippen LogP contribution in [0.3, 0.4) is 0 Å². The van der Waals surface area contributed by atoms with Gasteiger partial charge >= 0.3 is 5.97 Å². The molecule has 0 aliphatic rings. The minimum atomic E-state index is -0.405. The van der Waals surface area contributed by atoms with Crippen LogP contribution in [0.2, 0.25) is 0 Å². The van der Waals surface area contributed by atoms with E-state index in [-0.39, 0.29) is 5.78 Å². The van der Waals surface area contributed by atoms with Crippen molar-refractivity contribution >= 4 is 22.7 Å². The molecule has 0 N–H and O–H groups in total. The zero-order valence-corrected chi connectivity index (χ0v) is 9.85. The first-order chi connectivity index (χ1) is 8.04. The molecular formula is C12H12N2O3. The molecule has 0 amide bonds. The second-order valence-electron chi connectivity index (χ2n) is 3.75. The van der Waals surface area contributed by atoms with Crippen molar-refractivity contribution in [3.05, 3.63) is 29.5 Å². The lowest BCUT2D eigenvalue weighted by Gasteiger charge is -2.00. The number of carbonyl (C=O) groups excluding carboxylic acids is 2. The van der Waals surface area contributed by atoms with Gasteiger partial charge in [0, 0.05) is 19.4 Å². The molecule has 2 rings (SSSR count). The third-order valence-corrected chi connectivity index (χ3v) is 2.61. The average molecular weight is 232 g/mol. The number of ether oxygens (including phenoxy) is 1. The third-order valence-electron chi connectivity index (χ3n) is 2.61. The number of methoxy groups -OCH3 is 1. The summed E-state index contributed by atoms with van der Waals surface area (Å²) in [5.74, 6) is -0.501. The van der Waals surface area contributed by atoms with Crippen molar-refractivity contribution in [2.24, 2.45) is 7.05 Å². The molecule has 0 fully saturated rings. The van der Waals surface area contributed by atoms with Crippen LogP contribution in [0.1, 0.15) is 27.8 Å². The maximum atomic E-state index is 11.4. The van der Waals surface area contributed by atoms with E-state index in [1.807, 2.05) is 0 Å². The molecule has 5 heteroatoms. The molecule has 0 saturated carbocycles. The molecule has 0 bridgehead atoms. The van der Waals surface area contributed by atoms with Gasteiger partial charge in [0.15, 0.2) is 5.78 Å². The van der Waals surface area contributed by atoms with E-state index in [2.05, 4.69) is 9.84 Å². The number of aryl methyl sites for hydroxylation is 1. The van der Waals surface area contributed by atoms with Crippen molar-refractivity contribution in [1.29, 1.82) is 0 Å². The number of rotatable bonds is 2. The Bertz CT molecular complexity index is 613. The van der Waals surface area contributed by atoms with E-state index < -0.39 is 5.97 Å². The van der Waals surface area contributed by atoms with E-state index in [0.29, 0.717) is 11.3 Å². The monoisotopic (exact) mass is 232 g/mol. The fraction of sp³-hybridized carbons (Fsp3) is 0.250. The highest BCUT2D eigenvalue weighted by molar-refractivity contribution is 6.06. The zero-order valence-electron chi connectivity index (χ0n) is 9.85. The van der Waals surface area contributed by atoms with Crippen molar-refractivity contribution in [3.8, 4) is 0 Å². The molecular weight excluding hydrogens is 220 g/mol. The van der Waals surface area contributed by atoms with Gasteiger partial charge in [-0.2, -0.15) is 5.10 Å². The summed E-state index contributed by atoms with van der Waals surface area (Å²) in [5.41, 5.74) is 1.59. The second-order valence-corrected chi connectivity index (χ2v) is 3.75. The molecule has 17 heavy (non-hydrogen) atoms. The molecule has 1 aromatic heterocycles. The number of ketones is 1. The first-order valence-electron chi connectivity index (χ1n) is 5.10. The summed E-state index contributed by atoms with van der Waals surface area (Å²) < 4.78 is 6.23. The summed E-state index contributed by atoms with van der Waals surface area (Å²) in [6.45, 7) is 1.47. The molecule has 1 heterocycles. The summed E-state index contributed by atoms with van der Waals surface area (Å²) in [7, 11) is 3.06. The topological polar surface area (TPSA) is 61.2 Å². The molecule has 0 aliphatic heterocycles. The van der Waals surface area contributed by atoms with Gasteiger partial charge in [0.2, 0.25) is 0 Å². The van der Waals surface area contributed by atoms with Crippen LogP contribution in [-0.4, -0.2) is 28.6 Å². The number of fused-ring (bicyclic) bond motifs is 1. The highest BCUT2D eigenvalue weighted by Crippen LogP contribution is 2.20. The number of esters is 1. The molecule has 5 nitrogen and oxygen atoms in total. The maximum Gasteiger partial charge on any atom is 0.337 e. The Balaban J connectivity index is 2.67. The van der Waals surface area contributed by atoms with Crippen molar-refractivity contribution in [1.82, 2.24) is 9.78 Å². The van der Waals surface area contributed by atoms with Crippen molar-refractivity contribution in [2.45, 2.75) is 6.92 Å². The summed E-state index contributed by atoms with van der Waals surface area (Å²) >= 11 is 0. The minimum Gasteiger partial charge on any atom is -0.465 e. The van der Waals surface area contributed by atoms with Gasteiger partial charge in [0.1, 0.15) is 5.69 Å². The molecule has 1 aromatic carbocycles. The molecule has 0 unspecified atom stereocenters. The zero-order chi connectivity index (χ0) is 12.6. The Labute approximate surface area is 98.0 Å². The number of aromatic nitrogens is 2. The molecule has 0 aliphatic carbocycles. The molecule has 0 spiro atoms. The van der Waals surface area contributed by atoms with Crippen LogP contribution < -0.4 is 0 Å². The minimum absolute atomic E-state index is 0.0959. The quantitative estimate of drug-likeness (QED) is 0.582. The number of nitrogens with zero attached hydrogens (tertiary/aromatic N) is 2. The van der Waals surface area contributed by atoms with Gasteiger partial charge in [-0.05, 0) is 18.2 Å². The van der Waals surface area contributed by atoms with E-state index in [0.717, 1.165) is 10.9 Å². The largest absolute Gasteiger partial charge is 0.465 e. The second kappa shape index (κ2) is 4.01. The van der Waals surface area contributed by atoms with Crippen LogP contribution in [0.25, 0.3) is 10.9 Å². The van der Waals surface area contributed by atoms with E-state index in [9.17, 15) is 9.59 Å². The van der Waals surface area contributed by atoms with E-state index in [1.54, 1.807) is 29.9 Å². The number of hydrogen-bond donors (Lipinski definition) is 0. The SMILES string of the molecule is COC(=O)c1ccc2c(C(C)=O)nn(C)c2c1. The lowest BCUT2D eigenvalue weighted by atomic mass is 10.1.